The molecule has 5 heteroatoms. The lowest BCUT2D eigenvalue weighted by molar-refractivity contribution is 0.00907. The van der Waals surface area contributed by atoms with Gasteiger partial charge in [0, 0.05) is 12.6 Å². The SMILES string of the molecule is CC(C)C(C)N(C)CCOCCOCCON. The van der Waals surface area contributed by atoms with Crippen molar-refractivity contribution in [2.45, 2.75) is 26.8 Å². The zero-order valence-electron chi connectivity index (χ0n) is 11.6. The van der Waals surface area contributed by atoms with Crippen molar-refractivity contribution in [2.75, 3.05) is 46.6 Å². The Kier molecular flexibility index (Phi) is 10.8. The van der Waals surface area contributed by atoms with Gasteiger partial charge in [-0.05, 0) is 19.9 Å². The number of hydrogen-bond donors (Lipinski definition) is 1. The minimum atomic E-state index is 0.425. The molecule has 0 radical (unpaired) electrons. The van der Waals surface area contributed by atoms with Gasteiger partial charge in [-0.1, -0.05) is 13.8 Å². The maximum Gasteiger partial charge on any atom is 0.0913 e. The fourth-order valence-corrected chi connectivity index (χ4v) is 1.35. The van der Waals surface area contributed by atoms with Gasteiger partial charge in [-0.3, -0.25) is 0 Å². The van der Waals surface area contributed by atoms with Gasteiger partial charge in [0.1, 0.15) is 0 Å². The van der Waals surface area contributed by atoms with Gasteiger partial charge in [0.15, 0.2) is 0 Å². The van der Waals surface area contributed by atoms with Crippen molar-refractivity contribution in [2.24, 2.45) is 11.8 Å². The summed E-state index contributed by atoms with van der Waals surface area (Å²) in [5, 5.41) is 0. The Morgan fingerprint density at radius 3 is 2.00 bits per heavy atom. The lowest BCUT2D eigenvalue weighted by Crippen LogP contribution is -2.35. The van der Waals surface area contributed by atoms with Crippen LogP contribution in [-0.2, 0) is 14.3 Å². The van der Waals surface area contributed by atoms with E-state index >= 15 is 0 Å². The van der Waals surface area contributed by atoms with E-state index in [-0.39, 0.29) is 0 Å². The van der Waals surface area contributed by atoms with Gasteiger partial charge in [-0.15, -0.1) is 0 Å². The van der Waals surface area contributed by atoms with Gasteiger partial charge in [-0.25, -0.2) is 5.90 Å². The van der Waals surface area contributed by atoms with Crippen molar-refractivity contribution < 1.29 is 14.3 Å². The minimum Gasteiger partial charge on any atom is -0.378 e. The number of hydrogen-bond acceptors (Lipinski definition) is 5. The van der Waals surface area contributed by atoms with Crippen LogP contribution in [0.3, 0.4) is 0 Å². The Balaban J connectivity index is 3.27. The Hall–Kier alpha value is -0.200. The predicted octanol–water partition coefficient (Wildman–Crippen LogP) is 0.886. The van der Waals surface area contributed by atoms with E-state index in [9.17, 15) is 0 Å². The Labute approximate surface area is 105 Å². The molecule has 1 atom stereocenters. The van der Waals surface area contributed by atoms with E-state index < -0.39 is 0 Å². The van der Waals surface area contributed by atoms with E-state index in [4.69, 9.17) is 15.4 Å². The summed E-state index contributed by atoms with van der Waals surface area (Å²) in [5.74, 6) is 5.53. The standard InChI is InChI=1S/C12H28N2O3/c1-11(2)12(3)14(4)5-6-15-7-8-16-9-10-17-13/h11-12H,5-10,13H2,1-4H3. The highest BCUT2D eigenvalue weighted by molar-refractivity contribution is 4.66. The third-order valence-electron chi connectivity index (χ3n) is 2.97. The summed E-state index contributed by atoms with van der Waals surface area (Å²) in [6.07, 6.45) is 0. The largest absolute Gasteiger partial charge is 0.378 e. The molecule has 0 saturated carbocycles. The van der Waals surface area contributed by atoms with E-state index in [0.717, 1.165) is 13.2 Å². The number of rotatable bonds is 11. The van der Waals surface area contributed by atoms with Crippen LogP contribution in [-0.4, -0.2) is 57.6 Å². The fourth-order valence-electron chi connectivity index (χ4n) is 1.35. The van der Waals surface area contributed by atoms with Gasteiger partial charge in [-0.2, -0.15) is 0 Å². The minimum absolute atomic E-state index is 0.425. The molecule has 0 aliphatic carbocycles. The summed E-state index contributed by atoms with van der Waals surface area (Å²) in [6, 6.07) is 0.580. The van der Waals surface area contributed by atoms with Crippen LogP contribution in [0, 0.1) is 5.92 Å². The van der Waals surface area contributed by atoms with Gasteiger partial charge < -0.3 is 19.2 Å². The maximum absolute atomic E-state index is 5.48. The smallest absolute Gasteiger partial charge is 0.0913 e. The molecule has 0 aliphatic rings. The molecular weight excluding hydrogens is 220 g/mol. The molecule has 1 unspecified atom stereocenters. The van der Waals surface area contributed by atoms with Crippen LogP contribution in [0.15, 0.2) is 0 Å². The number of nitrogens with two attached hydrogens (primary N) is 1. The molecule has 0 saturated heterocycles. The Morgan fingerprint density at radius 2 is 1.47 bits per heavy atom. The Bertz CT molecular complexity index is 168. The summed E-state index contributed by atoms with van der Waals surface area (Å²) >= 11 is 0. The van der Waals surface area contributed by atoms with Crippen LogP contribution in [0.4, 0.5) is 0 Å². The topological polar surface area (TPSA) is 57.0 Å². The normalized spacial score (nSPS) is 13.6. The van der Waals surface area contributed by atoms with Crippen molar-refractivity contribution in [1.29, 1.82) is 0 Å². The second-order valence-electron chi connectivity index (χ2n) is 4.56. The molecule has 0 heterocycles. The van der Waals surface area contributed by atoms with Crippen LogP contribution in [0.5, 0.6) is 0 Å². The molecule has 0 amide bonds. The first kappa shape index (κ1) is 16.8. The molecule has 0 fully saturated rings. The average Bonchev–Trinajstić information content (AvgIpc) is 2.31. The molecule has 0 bridgehead atoms. The van der Waals surface area contributed by atoms with Crippen molar-refractivity contribution in [3.8, 4) is 0 Å². The predicted molar refractivity (Wildman–Crippen MR) is 68.7 cm³/mol. The summed E-state index contributed by atoms with van der Waals surface area (Å²) in [4.78, 5) is 6.69. The average molecular weight is 248 g/mol. The highest BCUT2D eigenvalue weighted by Crippen LogP contribution is 2.06. The van der Waals surface area contributed by atoms with Crippen molar-refractivity contribution in [3.63, 3.8) is 0 Å². The second kappa shape index (κ2) is 10.9. The monoisotopic (exact) mass is 248 g/mol. The third kappa shape index (κ3) is 9.50. The first-order chi connectivity index (χ1) is 8.09. The van der Waals surface area contributed by atoms with Gasteiger partial charge >= 0.3 is 0 Å². The summed E-state index contributed by atoms with van der Waals surface area (Å²) in [7, 11) is 2.13. The van der Waals surface area contributed by atoms with Crippen LogP contribution in [0.2, 0.25) is 0 Å². The zero-order chi connectivity index (χ0) is 13.1. The third-order valence-corrected chi connectivity index (χ3v) is 2.97. The summed E-state index contributed by atoms with van der Waals surface area (Å²) < 4.78 is 10.7. The molecule has 0 aliphatic heterocycles. The van der Waals surface area contributed by atoms with E-state index in [1.807, 2.05) is 0 Å². The van der Waals surface area contributed by atoms with E-state index in [1.165, 1.54) is 0 Å². The number of nitrogens with zero attached hydrogens (tertiary/aromatic N) is 1. The molecule has 0 aromatic heterocycles. The molecule has 0 spiro atoms. The van der Waals surface area contributed by atoms with Crippen molar-refractivity contribution in [1.82, 2.24) is 4.90 Å². The zero-order valence-corrected chi connectivity index (χ0v) is 11.6. The fraction of sp³-hybridized carbons (Fsp3) is 1.00. The molecule has 2 N–H and O–H groups in total. The van der Waals surface area contributed by atoms with Gasteiger partial charge in [0.2, 0.25) is 0 Å². The number of ether oxygens (including phenoxy) is 2. The van der Waals surface area contributed by atoms with E-state index in [1.54, 1.807) is 0 Å². The first-order valence-electron chi connectivity index (χ1n) is 6.27. The highest BCUT2D eigenvalue weighted by Gasteiger charge is 2.11. The quantitative estimate of drug-likeness (QED) is 0.434. The first-order valence-corrected chi connectivity index (χ1v) is 6.27. The van der Waals surface area contributed by atoms with Crippen LogP contribution < -0.4 is 5.90 Å². The summed E-state index contributed by atoms with van der Waals surface area (Å²) in [5.41, 5.74) is 0. The maximum atomic E-state index is 5.48. The summed E-state index contributed by atoms with van der Waals surface area (Å²) in [6.45, 7) is 10.5. The second-order valence-corrected chi connectivity index (χ2v) is 4.56. The van der Waals surface area contributed by atoms with E-state index in [0.29, 0.717) is 38.4 Å². The van der Waals surface area contributed by atoms with Crippen LogP contribution >= 0.6 is 0 Å². The molecule has 0 aromatic carbocycles. The molecule has 17 heavy (non-hydrogen) atoms. The van der Waals surface area contributed by atoms with Gasteiger partial charge in [0.25, 0.3) is 0 Å². The van der Waals surface area contributed by atoms with Crippen LogP contribution in [0.1, 0.15) is 20.8 Å². The van der Waals surface area contributed by atoms with E-state index in [2.05, 4.69) is 37.6 Å². The van der Waals surface area contributed by atoms with Crippen molar-refractivity contribution in [3.05, 3.63) is 0 Å². The molecular formula is C12H28N2O3. The van der Waals surface area contributed by atoms with Crippen molar-refractivity contribution >= 4 is 0 Å². The number of likely N-dealkylation sites (N-methyl/N-ethyl adjacent to an activating group) is 1. The Morgan fingerprint density at radius 1 is 0.941 bits per heavy atom. The van der Waals surface area contributed by atoms with Crippen LogP contribution in [0.25, 0.3) is 0 Å². The molecule has 104 valence electrons. The highest BCUT2D eigenvalue weighted by atomic mass is 16.6. The molecule has 0 rings (SSSR count). The van der Waals surface area contributed by atoms with Gasteiger partial charge in [0.05, 0.1) is 33.0 Å². The molecule has 5 nitrogen and oxygen atoms in total. The molecule has 0 aromatic rings. The lowest BCUT2D eigenvalue weighted by atomic mass is 10.1. The lowest BCUT2D eigenvalue weighted by Gasteiger charge is -2.27.